The highest BCUT2D eigenvalue weighted by Crippen LogP contribution is 2.30. The number of hydrogen-bond acceptors (Lipinski definition) is 4. The van der Waals surface area contributed by atoms with Crippen molar-refractivity contribution in [3.63, 3.8) is 0 Å². The SMILES string of the molecule is CCCc1cc(C(=O)OCC)c(NC(=O)c2ccc(F)c(F)c2)s1. The second-order valence-corrected chi connectivity index (χ2v) is 6.15. The van der Waals surface area contributed by atoms with Gasteiger partial charge in [0, 0.05) is 10.4 Å². The Balaban J connectivity index is 2.27. The molecule has 1 amide bonds. The van der Waals surface area contributed by atoms with E-state index in [2.05, 4.69) is 5.32 Å². The molecule has 0 aliphatic heterocycles. The summed E-state index contributed by atoms with van der Waals surface area (Å²) in [5.74, 6) is -3.28. The predicted molar refractivity (Wildman–Crippen MR) is 88.6 cm³/mol. The van der Waals surface area contributed by atoms with Gasteiger partial charge in [-0.15, -0.1) is 11.3 Å². The summed E-state index contributed by atoms with van der Waals surface area (Å²) in [6.07, 6.45) is 1.65. The van der Waals surface area contributed by atoms with Gasteiger partial charge in [-0.1, -0.05) is 13.3 Å². The Labute approximate surface area is 142 Å². The van der Waals surface area contributed by atoms with Gasteiger partial charge in [0.05, 0.1) is 12.2 Å². The van der Waals surface area contributed by atoms with Crippen molar-refractivity contribution >= 4 is 28.2 Å². The summed E-state index contributed by atoms with van der Waals surface area (Å²) in [5.41, 5.74) is 0.232. The number of carbonyl (C=O) groups is 2. The Kier molecular flexibility index (Phi) is 6.03. The molecule has 2 rings (SSSR count). The highest BCUT2D eigenvalue weighted by molar-refractivity contribution is 7.16. The van der Waals surface area contributed by atoms with Crippen molar-refractivity contribution in [1.29, 1.82) is 0 Å². The number of ether oxygens (including phenoxy) is 1. The number of carbonyl (C=O) groups excluding carboxylic acids is 2. The van der Waals surface area contributed by atoms with Crippen LogP contribution >= 0.6 is 11.3 Å². The van der Waals surface area contributed by atoms with E-state index >= 15 is 0 Å². The van der Waals surface area contributed by atoms with Crippen LogP contribution in [-0.4, -0.2) is 18.5 Å². The van der Waals surface area contributed by atoms with Crippen molar-refractivity contribution < 1.29 is 23.1 Å². The fraction of sp³-hybridized carbons (Fsp3) is 0.294. The number of hydrogen-bond donors (Lipinski definition) is 1. The van der Waals surface area contributed by atoms with Crippen LogP contribution in [0, 0.1) is 11.6 Å². The molecule has 0 atom stereocenters. The lowest BCUT2D eigenvalue weighted by Gasteiger charge is -2.06. The average Bonchev–Trinajstić information content (AvgIpc) is 2.93. The summed E-state index contributed by atoms with van der Waals surface area (Å²) >= 11 is 1.27. The van der Waals surface area contributed by atoms with E-state index in [4.69, 9.17) is 4.74 Å². The van der Waals surface area contributed by atoms with Gasteiger partial charge in [-0.3, -0.25) is 4.79 Å². The normalized spacial score (nSPS) is 10.5. The van der Waals surface area contributed by atoms with Gasteiger partial charge in [-0.05, 0) is 37.6 Å². The maximum atomic E-state index is 13.3. The molecular weight excluding hydrogens is 336 g/mol. The van der Waals surface area contributed by atoms with E-state index in [0.29, 0.717) is 5.00 Å². The van der Waals surface area contributed by atoms with E-state index in [-0.39, 0.29) is 17.7 Å². The Hall–Kier alpha value is -2.28. The Morgan fingerprint density at radius 2 is 1.92 bits per heavy atom. The van der Waals surface area contributed by atoms with Crippen molar-refractivity contribution in [3.8, 4) is 0 Å². The predicted octanol–water partition coefficient (Wildman–Crippen LogP) is 4.41. The number of nitrogens with one attached hydrogen (secondary N) is 1. The summed E-state index contributed by atoms with van der Waals surface area (Å²) in [6, 6.07) is 4.56. The minimum absolute atomic E-state index is 0.0332. The van der Waals surface area contributed by atoms with Gasteiger partial charge in [0.1, 0.15) is 5.00 Å². The van der Waals surface area contributed by atoms with E-state index in [1.165, 1.54) is 17.4 Å². The van der Waals surface area contributed by atoms with Crippen LogP contribution in [0.25, 0.3) is 0 Å². The molecule has 128 valence electrons. The Bertz CT molecular complexity index is 758. The van der Waals surface area contributed by atoms with Crippen molar-refractivity contribution in [2.24, 2.45) is 0 Å². The molecular formula is C17H17F2NO3S. The first-order valence-corrected chi connectivity index (χ1v) is 8.34. The largest absolute Gasteiger partial charge is 0.462 e. The number of thiophene rings is 1. The highest BCUT2D eigenvalue weighted by atomic mass is 32.1. The Morgan fingerprint density at radius 1 is 1.17 bits per heavy atom. The quantitative estimate of drug-likeness (QED) is 0.783. The molecule has 4 nitrogen and oxygen atoms in total. The smallest absolute Gasteiger partial charge is 0.341 e. The van der Waals surface area contributed by atoms with Gasteiger partial charge in [-0.2, -0.15) is 0 Å². The molecule has 1 aromatic heterocycles. The van der Waals surface area contributed by atoms with Crippen molar-refractivity contribution in [2.45, 2.75) is 26.7 Å². The number of aryl methyl sites for hydroxylation is 1. The first-order valence-electron chi connectivity index (χ1n) is 7.52. The van der Waals surface area contributed by atoms with Gasteiger partial charge in [0.15, 0.2) is 11.6 Å². The summed E-state index contributed by atoms with van der Waals surface area (Å²) in [7, 11) is 0. The highest BCUT2D eigenvalue weighted by Gasteiger charge is 2.20. The van der Waals surface area contributed by atoms with E-state index in [1.807, 2.05) is 6.92 Å². The van der Waals surface area contributed by atoms with Crippen LogP contribution < -0.4 is 5.32 Å². The molecule has 0 unspecified atom stereocenters. The van der Waals surface area contributed by atoms with E-state index < -0.39 is 23.5 Å². The third-order valence-corrected chi connectivity index (χ3v) is 4.29. The zero-order valence-electron chi connectivity index (χ0n) is 13.3. The minimum Gasteiger partial charge on any atom is -0.462 e. The van der Waals surface area contributed by atoms with Crippen molar-refractivity contribution in [2.75, 3.05) is 11.9 Å². The second kappa shape index (κ2) is 8.01. The molecule has 1 N–H and O–H groups in total. The van der Waals surface area contributed by atoms with Crippen LogP contribution in [0.3, 0.4) is 0 Å². The molecule has 0 fully saturated rings. The lowest BCUT2D eigenvalue weighted by Crippen LogP contribution is -2.14. The average molecular weight is 353 g/mol. The molecule has 1 aromatic carbocycles. The van der Waals surface area contributed by atoms with E-state index in [0.717, 1.165) is 29.9 Å². The monoisotopic (exact) mass is 353 g/mol. The van der Waals surface area contributed by atoms with Gasteiger partial charge < -0.3 is 10.1 Å². The summed E-state index contributed by atoms with van der Waals surface area (Å²) in [5, 5.41) is 2.92. The van der Waals surface area contributed by atoms with Gasteiger partial charge in [0.2, 0.25) is 0 Å². The maximum Gasteiger partial charge on any atom is 0.341 e. The van der Waals surface area contributed by atoms with Gasteiger partial charge in [-0.25, -0.2) is 13.6 Å². The number of benzene rings is 1. The molecule has 0 radical (unpaired) electrons. The minimum atomic E-state index is -1.11. The van der Waals surface area contributed by atoms with Crippen LogP contribution in [0.4, 0.5) is 13.8 Å². The third kappa shape index (κ3) is 4.17. The number of anilines is 1. The van der Waals surface area contributed by atoms with Gasteiger partial charge >= 0.3 is 5.97 Å². The molecule has 2 aromatic rings. The molecule has 1 heterocycles. The fourth-order valence-electron chi connectivity index (χ4n) is 2.08. The lowest BCUT2D eigenvalue weighted by atomic mass is 10.2. The summed E-state index contributed by atoms with van der Waals surface area (Å²) in [6.45, 7) is 3.91. The topological polar surface area (TPSA) is 55.4 Å². The van der Waals surface area contributed by atoms with E-state index in [1.54, 1.807) is 13.0 Å². The summed E-state index contributed by atoms with van der Waals surface area (Å²) < 4.78 is 31.2. The van der Waals surface area contributed by atoms with Crippen LogP contribution in [0.2, 0.25) is 0 Å². The summed E-state index contributed by atoms with van der Waals surface area (Å²) in [4.78, 5) is 25.2. The molecule has 0 spiro atoms. The van der Waals surface area contributed by atoms with E-state index in [9.17, 15) is 18.4 Å². The standard InChI is InChI=1S/C17H17F2NO3S/c1-3-5-11-9-12(17(22)23-4-2)16(24-11)20-15(21)10-6-7-13(18)14(19)8-10/h6-9H,3-5H2,1-2H3,(H,20,21). The number of amides is 1. The fourth-order valence-corrected chi connectivity index (χ4v) is 3.22. The zero-order chi connectivity index (χ0) is 17.7. The first kappa shape index (κ1) is 18.1. The number of rotatable bonds is 6. The first-order chi connectivity index (χ1) is 11.5. The van der Waals surface area contributed by atoms with Crippen molar-refractivity contribution in [3.05, 3.63) is 51.9 Å². The molecule has 0 saturated heterocycles. The van der Waals surface area contributed by atoms with Crippen LogP contribution in [0.15, 0.2) is 24.3 Å². The molecule has 0 bridgehead atoms. The lowest BCUT2D eigenvalue weighted by molar-refractivity contribution is 0.0528. The zero-order valence-corrected chi connectivity index (χ0v) is 14.1. The number of halogens is 2. The van der Waals surface area contributed by atoms with Crippen LogP contribution in [0.1, 0.15) is 45.9 Å². The Morgan fingerprint density at radius 3 is 2.54 bits per heavy atom. The maximum absolute atomic E-state index is 13.3. The van der Waals surface area contributed by atoms with Gasteiger partial charge in [0.25, 0.3) is 5.91 Å². The van der Waals surface area contributed by atoms with Crippen LogP contribution in [-0.2, 0) is 11.2 Å². The molecule has 7 heteroatoms. The third-order valence-electron chi connectivity index (χ3n) is 3.18. The number of esters is 1. The van der Waals surface area contributed by atoms with Crippen LogP contribution in [0.5, 0.6) is 0 Å². The molecule has 0 aliphatic carbocycles. The molecule has 0 saturated carbocycles. The molecule has 0 aliphatic rings. The van der Waals surface area contributed by atoms with Crippen molar-refractivity contribution in [1.82, 2.24) is 0 Å². The second-order valence-electron chi connectivity index (χ2n) is 5.01. The molecule has 24 heavy (non-hydrogen) atoms.